The molecule has 1 heterocycles. The van der Waals surface area contributed by atoms with E-state index in [1.165, 1.54) is 16.9 Å². The molecule has 4 nitrogen and oxygen atoms in total. The van der Waals surface area contributed by atoms with Crippen molar-refractivity contribution in [3.05, 3.63) is 45.4 Å². The number of rotatable bonds is 7. The third-order valence-corrected chi connectivity index (χ3v) is 4.57. The monoisotopic (exact) mass is 319 g/mol. The number of aromatic carboxylic acids is 1. The van der Waals surface area contributed by atoms with Gasteiger partial charge in [-0.25, -0.2) is 9.78 Å². The molecular weight excluding hydrogens is 298 g/mol. The van der Waals surface area contributed by atoms with E-state index in [1.807, 2.05) is 18.2 Å². The van der Waals surface area contributed by atoms with Crippen molar-refractivity contribution in [1.82, 2.24) is 4.98 Å². The zero-order valence-corrected chi connectivity index (χ0v) is 13.9. The Morgan fingerprint density at radius 2 is 2.09 bits per heavy atom. The SMILES string of the molecule is Cc1nc(CCCOc2ccccc2C(C)C)sc1C(=O)O. The van der Waals surface area contributed by atoms with E-state index in [1.54, 1.807) is 6.92 Å². The molecule has 0 aliphatic carbocycles. The molecule has 0 fully saturated rings. The van der Waals surface area contributed by atoms with Gasteiger partial charge in [0, 0.05) is 6.42 Å². The Labute approximate surface area is 134 Å². The number of hydrogen-bond donors (Lipinski definition) is 1. The maximum atomic E-state index is 11.0. The van der Waals surface area contributed by atoms with Crippen molar-refractivity contribution in [2.75, 3.05) is 6.61 Å². The van der Waals surface area contributed by atoms with Gasteiger partial charge < -0.3 is 9.84 Å². The van der Waals surface area contributed by atoms with Gasteiger partial charge in [-0.1, -0.05) is 32.0 Å². The number of nitrogens with zero attached hydrogens (tertiary/aromatic N) is 1. The Bertz CT molecular complexity index is 649. The van der Waals surface area contributed by atoms with Gasteiger partial charge in [-0.3, -0.25) is 0 Å². The molecule has 0 saturated heterocycles. The molecule has 1 N–H and O–H groups in total. The Morgan fingerprint density at radius 3 is 2.73 bits per heavy atom. The third-order valence-electron chi connectivity index (χ3n) is 3.37. The van der Waals surface area contributed by atoms with Crippen molar-refractivity contribution >= 4 is 17.3 Å². The second-order valence-corrected chi connectivity index (χ2v) is 6.56. The number of aryl methyl sites for hydroxylation is 2. The molecular formula is C17H21NO3S. The number of carbonyl (C=O) groups is 1. The summed E-state index contributed by atoms with van der Waals surface area (Å²) >= 11 is 1.26. The molecule has 0 atom stereocenters. The maximum absolute atomic E-state index is 11.0. The topological polar surface area (TPSA) is 59.4 Å². The highest BCUT2D eigenvalue weighted by molar-refractivity contribution is 7.13. The van der Waals surface area contributed by atoms with Crippen LogP contribution in [0.25, 0.3) is 0 Å². The number of thiazole rings is 1. The van der Waals surface area contributed by atoms with Crippen LogP contribution in [0.1, 0.15) is 52.1 Å². The Kier molecular flexibility index (Phi) is 5.55. The van der Waals surface area contributed by atoms with E-state index in [-0.39, 0.29) is 0 Å². The fourth-order valence-corrected chi connectivity index (χ4v) is 3.20. The summed E-state index contributed by atoms with van der Waals surface area (Å²) in [6, 6.07) is 8.08. The predicted molar refractivity (Wildman–Crippen MR) is 88.2 cm³/mol. The van der Waals surface area contributed by atoms with Crippen LogP contribution in [-0.4, -0.2) is 22.7 Å². The van der Waals surface area contributed by atoms with Gasteiger partial charge in [0.15, 0.2) is 0 Å². The smallest absolute Gasteiger partial charge is 0.347 e. The Hall–Kier alpha value is -1.88. The zero-order valence-electron chi connectivity index (χ0n) is 13.1. The van der Waals surface area contributed by atoms with E-state index >= 15 is 0 Å². The van der Waals surface area contributed by atoms with Crippen molar-refractivity contribution in [1.29, 1.82) is 0 Å². The number of ether oxygens (including phenoxy) is 1. The molecule has 1 aromatic heterocycles. The van der Waals surface area contributed by atoms with E-state index in [2.05, 4.69) is 24.9 Å². The first kappa shape index (κ1) is 16.5. The van der Waals surface area contributed by atoms with Crippen molar-refractivity contribution in [2.24, 2.45) is 0 Å². The van der Waals surface area contributed by atoms with E-state index < -0.39 is 5.97 Å². The zero-order chi connectivity index (χ0) is 16.1. The van der Waals surface area contributed by atoms with Gasteiger partial charge in [0.25, 0.3) is 0 Å². The van der Waals surface area contributed by atoms with Gasteiger partial charge in [-0.2, -0.15) is 0 Å². The highest BCUT2D eigenvalue weighted by Crippen LogP contribution is 2.26. The second-order valence-electron chi connectivity index (χ2n) is 5.47. The minimum Gasteiger partial charge on any atom is -0.493 e. The lowest BCUT2D eigenvalue weighted by Gasteiger charge is -2.13. The summed E-state index contributed by atoms with van der Waals surface area (Å²) in [5.74, 6) is 0.457. The number of carboxylic acid groups (broad SMARTS) is 1. The fourth-order valence-electron chi connectivity index (χ4n) is 2.25. The van der Waals surface area contributed by atoms with Crippen molar-refractivity contribution in [3.63, 3.8) is 0 Å². The normalized spacial score (nSPS) is 10.9. The second kappa shape index (κ2) is 7.40. The molecule has 1 aromatic carbocycles. The quantitative estimate of drug-likeness (QED) is 0.774. The molecule has 5 heteroatoms. The molecule has 2 rings (SSSR count). The number of aromatic nitrogens is 1. The highest BCUT2D eigenvalue weighted by Gasteiger charge is 2.13. The lowest BCUT2D eigenvalue weighted by atomic mass is 10.0. The molecule has 22 heavy (non-hydrogen) atoms. The number of hydrogen-bond acceptors (Lipinski definition) is 4. The summed E-state index contributed by atoms with van der Waals surface area (Å²) in [4.78, 5) is 15.6. The van der Waals surface area contributed by atoms with Crippen LogP contribution in [0.4, 0.5) is 0 Å². The summed E-state index contributed by atoms with van der Waals surface area (Å²) in [7, 11) is 0. The van der Waals surface area contributed by atoms with Crippen LogP contribution in [0.2, 0.25) is 0 Å². The standard InChI is InChI=1S/C17H21NO3S/c1-11(2)13-7-4-5-8-14(13)21-10-6-9-15-18-12(3)16(22-15)17(19)20/h4-5,7-8,11H,6,9-10H2,1-3H3,(H,19,20). The lowest BCUT2D eigenvalue weighted by Crippen LogP contribution is -2.02. The van der Waals surface area contributed by atoms with Crippen LogP contribution in [0.15, 0.2) is 24.3 Å². The predicted octanol–water partition coefficient (Wildman–Crippen LogP) is 4.28. The minimum absolute atomic E-state index is 0.334. The average molecular weight is 319 g/mol. The first-order valence-corrected chi connectivity index (χ1v) is 8.22. The van der Waals surface area contributed by atoms with Crippen LogP contribution in [0, 0.1) is 6.92 Å². The number of carboxylic acids is 1. The largest absolute Gasteiger partial charge is 0.493 e. The summed E-state index contributed by atoms with van der Waals surface area (Å²) in [6.45, 7) is 6.63. The molecule has 0 radical (unpaired) electrons. The van der Waals surface area contributed by atoms with Gasteiger partial charge in [0.1, 0.15) is 10.6 Å². The molecule has 2 aromatic rings. The van der Waals surface area contributed by atoms with E-state index in [4.69, 9.17) is 9.84 Å². The molecule has 0 spiro atoms. The lowest BCUT2D eigenvalue weighted by molar-refractivity contribution is 0.0701. The molecule has 0 saturated carbocycles. The van der Waals surface area contributed by atoms with Crippen LogP contribution in [-0.2, 0) is 6.42 Å². The first-order valence-electron chi connectivity index (χ1n) is 7.40. The molecule has 0 amide bonds. The molecule has 0 aliphatic heterocycles. The van der Waals surface area contributed by atoms with Crippen LogP contribution < -0.4 is 4.74 Å². The van der Waals surface area contributed by atoms with Gasteiger partial charge in [-0.15, -0.1) is 11.3 Å². The number of para-hydroxylation sites is 1. The van der Waals surface area contributed by atoms with E-state index in [0.717, 1.165) is 23.6 Å². The van der Waals surface area contributed by atoms with Crippen molar-refractivity contribution in [2.45, 2.75) is 39.5 Å². The minimum atomic E-state index is -0.900. The van der Waals surface area contributed by atoms with Crippen LogP contribution in [0.5, 0.6) is 5.75 Å². The van der Waals surface area contributed by atoms with Gasteiger partial charge in [0.2, 0.25) is 0 Å². The maximum Gasteiger partial charge on any atom is 0.347 e. The van der Waals surface area contributed by atoms with Crippen molar-refractivity contribution in [3.8, 4) is 5.75 Å². The average Bonchev–Trinajstić information content (AvgIpc) is 2.85. The fraction of sp³-hybridized carbons (Fsp3) is 0.412. The number of benzene rings is 1. The molecule has 0 unspecified atom stereocenters. The van der Waals surface area contributed by atoms with Gasteiger partial charge >= 0.3 is 5.97 Å². The Balaban J connectivity index is 1.88. The summed E-state index contributed by atoms with van der Waals surface area (Å²) in [5.41, 5.74) is 1.80. The van der Waals surface area contributed by atoms with Crippen LogP contribution in [0.3, 0.4) is 0 Å². The summed E-state index contributed by atoms with van der Waals surface area (Å²) < 4.78 is 5.87. The van der Waals surface area contributed by atoms with Crippen molar-refractivity contribution < 1.29 is 14.6 Å². The summed E-state index contributed by atoms with van der Waals surface area (Å²) in [5, 5.41) is 9.88. The van der Waals surface area contributed by atoms with Gasteiger partial charge in [0.05, 0.1) is 17.3 Å². The third kappa shape index (κ3) is 4.07. The molecule has 118 valence electrons. The van der Waals surface area contributed by atoms with E-state index in [9.17, 15) is 4.79 Å². The van der Waals surface area contributed by atoms with Crippen LogP contribution >= 0.6 is 11.3 Å². The first-order chi connectivity index (χ1) is 10.5. The summed E-state index contributed by atoms with van der Waals surface area (Å²) in [6.07, 6.45) is 1.56. The van der Waals surface area contributed by atoms with Gasteiger partial charge in [-0.05, 0) is 30.9 Å². The van der Waals surface area contributed by atoms with E-state index in [0.29, 0.717) is 23.1 Å². The Morgan fingerprint density at radius 1 is 1.36 bits per heavy atom. The molecule has 0 aliphatic rings. The highest BCUT2D eigenvalue weighted by atomic mass is 32.1. The molecule has 0 bridgehead atoms.